The van der Waals surface area contributed by atoms with Crippen molar-refractivity contribution in [2.45, 2.75) is 6.92 Å². The molecule has 0 aliphatic heterocycles. The lowest BCUT2D eigenvalue weighted by Gasteiger charge is -1.74. The van der Waals surface area contributed by atoms with E-state index in [-0.39, 0.29) is 5.84 Å². The van der Waals surface area contributed by atoms with E-state index in [4.69, 9.17) is 11.8 Å². The average molecular weight is 94.1 g/mol. The monoisotopic (exact) mass is 94.1 g/mol. The number of nitrogens with zero attached hydrogens (tertiary/aromatic N) is 1. The van der Waals surface area contributed by atoms with Crippen molar-refractivity contribution in [3.63, 3.8) is 0 Å². The van der Waals surface area contributed by atoms with Gasteiger partial charge in [-0.05, 0) is 6.92 Å². The maximum atomic E-state index is 6.70. The predicted molar refractivity (Wildman–Crippen MR) is 30.7 cm³/mol. The topological polar surface area (TPSA) is 36.2 Å². The second kappa shape index (κ2) is 3.10. The summed E-state index contributed by atoms with van der Waals surface area (Å²) in [5.74, 6) is 2.40. The molecule has 0 bridgehead atoms. The average Bonchev–Trinajstić information content (AvgIpc) is 1.61. The van der Waals surface area contributed by atoms with Crippen LogP contribution in [-0.4, -0.2) is 12.1 Å². The van der Waals surface area contributed by atoms with E-state index in [9.17, 15) is 0 Å². The number of hydrogen-bond acceptors (Lipinski definition) is 1. The highest BCUT2D eigenvalue weighted by atomic mass is 14.8. The first kappa shape index (κ1) is 5.90. The molecule has 36 valence electrons. The molecule has 1 N–H and O–H groups in total. The van der Waals surface area contributed by atoms with E-state index in [1.54, 1.807) is 6.92 Å². The van der Waals surface area contributed by atoms with Crippen molar-refractivity contribution >= 4 is 12.1 Å². The number of hydrogen-bond donors (Lipinski definition) is 1. The van der Waals surface area contributed by atoms with Crippen molar-refractivity contribution in [1.82, 2.24) is 0 Å². The Balaban J connectivity index is 3.53. The zero-order valence-electron chi connectivity index (χ0n) is 4.10. The van der Waals surface area contributed by atoms with Gasteiger partial charge in [0.05, 0.1) is 6.21 Å². The fraction of sp³-hybridized carbons (Fsp3) is 0.200. The van der Waals surface area contributed by atoms with Crippen molar-refractivity contribution in [3.8, 4) is 12.3 Å². The Morgan fingerprint density at radius 2 is 2.57 bits per heavy atom. The fourth-order valence-electron chi connectivity index (χ4n) is 0.134. The van der Waals surface area contributed by atoms with Gasteiger partial charge >= 0.3 is 0 Å². The largest absolute Gasteiger partial charge is 0.287 e. The Labute approximate surface area is 42.8 Å². The van der Waals surface area contributed by atoms with Crippen LogP contribution in [0.1, 0.15) is 6.92 Å². The molecular formula is C5H6N2. The molecule has 0 spiro atoms. The zero-order chi connectivity index (χ0) is 5.70. The maximum absolute atomic E-state index is 6.70. The van der Waals surface area contributed by atoms with Gasteiger partial charge < -0.3 is 0 Å². The molecule has 7 heavy (non-hydrogen) atoms. The highest BCUT2D eigenvalue weighted by molar-refractivity contribution is 5.91. The molecule has 0 aliphatic carbocycles. The van der Waals surface area contributed by atoms with Gasteiger partial charge in [-0.15, -0.1) is 6.42 Å². The first-order valence-corrected chi connectivity index (χ1v) is 1.81. The van der Waals surface area contributed by atoms with Crippen molar-refractivity contribution < 1.29 is 0 Å². The third-order valence-corrected chi connectivity index (χ3v) is 0.333. The van der Waals surface area contributed by atoms with Crippen LogP contribution in [0.25, 0.3) is 0 Å². The van der Waals surface area contributed by atoms with Crippen LogP contribution < -0.4 is 0 Å². The minimum atomic E-state index is 0.234. The van der Waals surface area contributed by atoms with E-state index in [1.807, 2.05) is 0 Å². The van der Waals surface area contributed by atoms with Gasteiger partial charge in [0.15, 0.2) is 0 Å². The molecule has 0 aromatic carbocycles. The van der Waals surface area contributed by atoms with Crippen LogP contribution in [0.4, 0.5) is 0 Å². The summed E-state index contributed by atoms with van der Waals surface area (Å²) in [5, 5.41) is 6.70. The predicted octanol–water partition coefficient (Wildman–Crippen LogP) is 0.688. The lowest BCUT2D eigenvalue weighted by molar-refractivity contribution is 1.42. The third kappa shape index (κ3) is 4.90. The van der Waals surface area contributed by atoms with Gasteiger partial charge in [-0.1, -0.05) is 5.92 Å². The van der Waals surface area contributed by atoms with E-state index >= 15 is 0 Å². The molecule has 0 saturated carbocycles. The lowest BCUT2D eigenvalue weighted by Crippen LogP contribution is -1.78. The van der Waals surface area contributed by atoms with Crippen molar-refractivity contribution in [3.05, 3.63) is 0 Å². The minimum absolute atomic E-state index is 0.234. The number of terminal acetylenes is 1. The Kier molecular flexibility index (Phi) is 2.62. The van der Waals surface area contributed by atoms with Gasteiger partial charge in [-0.3, -0.25) is 5.41 Å². The van der Waals surface area contributed by atoms with E-state index in [0.717, 1.165) is 0 Å². The highest BCUT2D eigenvalue weighted by Gasteiger charge is 1.68. The number of rotatable bonds is 0. The molecule has 0 saturated heterocycles. The van der Waals surface area contributed by atoms with Gasteiger partial charge in [0, 0.05) is 0 Å². The number of aliphatic imine (C=N–C) groups is 1. The summed E-state index contributed by atoms with van der Waals surface area (Å²) in [6.07, 6.45) is 6.03. The van der Waals surface area contributed by atoms with E-state index in [0.29, 0.717) is 0 Å². The summed E-state index contributed by atoms with van der Waals surface area (Å²) in [6.45, 7) is 1.56. The molecule has 2 nitrogen and oxygen atoms in total. The van der Waals surface area contributed by atoms with Crippen LogP contribution in [0.5, 0.6) is 0 Å². The maximum Gasteiger partial charge on any atom is 0.118 e. The lowest BCUT2D eigenvalue weighted by atomic mass is 10.7. The van der Waals surface area contributed by atoms with Crippen molar-refractivity contribution in [2.24, 2.45) is 4.99 Å². The summed E-state index contributed by atoms with van der Waals surface area (Å²) >= 11 is 0. The molecule has 0 unspecified atom stereocenters. The summed E-state index contributed by atoms with van der Waals surface area (Å²) < 4.78 is 0. The van der Waals surface area contributed by atoms with Crippen LogP contribution >= 0.6 is 0 Å². The Bertz CT molecular complexity index is 128. The SMILES string of the molecule is C#C/C=N\C(C)=N. The molecule has 0 amide bonds. The molecule has 0 heterocycles. The first-order chi connectivity index (χ1) is 3.27. The van der Waals surface area contributed by atoms with Crippen LogP contribution in [0.2, 0.25) is 0 Å². The van der Waals surface area contributed by atoms with Gasteiger partial charge in [0.25, 0.3) is 0 Å². The molecule has 0 fully saturated rings. The number of amidine groups is 1. The van der Waals surface area contributed by atoms with Crippen molar-refractivity contribution in [1.29, 1.82) is 5.41 Å². The molecule has 0 atom stereocenters. The summed E-state index contributed by atoms with van der Waals surface area (Å²) in [4.78, 5) is 3.47. The minimum Gasteiger partial charge on any atom is -0.287 e. The van der Waals surface area contributed by atoms with Crippen LogP contribution in [-0.2, 0) is 0 Å². The summed E-state index contributed by atoms with van der Waals surface area (Å²) in [5.41, 5.74) is 0. The molecule has 0 radical (unpaired) electrons. The van der Waals surface area contributed by atoms with Gasteiger partial charge in [0.1, 0.15) is 5.84 Å². The number of nitrogens with one attached hydrogen (secondary N) is 1. The first-order valence-electron chi connectivity index (χ1n) is 1.81. The Hall–Kier alpha value is -1.10. The molecule has 0 aromatic rings. The van der Waals surface area contributed by atoms with Gasteiger partial charge in [-0.2, -0.15) is 0 Å². The van der Waals surface area contributed by atoms with Crippen LogP contribution in [0, 0.1) is 17.8 Å². The molecule has 2 heteroatoms. The second-order valence-electron chi connectivity index (χ2n) is 1.01. The second-order valence-corrected chi connectivity index (χ2v) is 1.01. The smallest absolute Gasteiger partial charge is 0.118 e. The van der Waals surface area contributed by atoms with Gasteiger partial charge in [0.2, 0.25) is 0 Å². The normalized spacial score (nSPS) is 8.57. The summed E-state index contributed by atoms with van der Waals surface area (Å²) in [7, 11) is 0. The van der Waals surface area contributed by atoms with Gasteiger partial charge in [-0.25, -0.2) is 4.99 Å². The molecule has 0 rings (SSSR count). The highest BCUT2D eigenvalue weighted by Crippen LogP contribution is 1.65. The van der Waals surface area contributed by atoms with Crippen LogP contribution in [0.3, 0.4) is 0 Å². The molecule has 0 aliphatic rings. The van der Waals surface area contributed by atoms with E-state index in [2.05, 4.69) is 10.9 Å². The zero-order valence-corrected chi connectivity index (χ0v) is 4.10. The quantitative estimate of drug-likeness (QED) is 0.260. The Morgan fingerprint density at radius 3 is 2.71 bits per heavy atom. The standard InChI is InChI=1S/C5H6N2/c1-3-4-7-5(2)6/h1,4,6H,2H3/b6-5?,7-4-. The Morgan fingerprint density at radius 1 is 2.00 bits per heavy atom. The third-order valence-electron chi connectivity index (χ3n) is 0.333. The summed E-state index contributed by atoms with van der Waals surface area (Å²) in [6, 6.07) is 0. The van der Waals surface area contributed by atoms with E-state index < -0.39 is 0 Å². The molecular weight excluding hydrogens is 88.1 g/mol. The fourth-order valence-corrected chi connectivity index (χ4v) is 0.134. The van der Waals surface area contributed by atoms with Crippen molar-refractivity contribution in [2.75, 3.05) is 0 Å². The molecule has 0 aromatic heterocycles. The van der Waals surface area contributed by atoms with E-state index in [1.165, 1.54) is 6.21 Å². The van der Waals surface area contributed by atoms with Crippen LogP contribution in [0.15, 0.2) is 4.99 Å².